The molecule has 0 aliphatic rings. The third kappa shape index (κ3) is 2.21. The van der Waals surface area contributed by atoms with Crippen molar-refractivity contribution in [3.63, 3.8) is 0 Å². The number of nitrogen functional groups attached to an aromatic ring is 1. The maximum absolute atomic E-state index is 11.5. The monoisotopic (exact) mass is 266 g/mol. The summed E-state index contributed by atoms with van der Waals surface area (Å²) in [6.07, 6.45) is 2.47. The van der Waals surface area contributed by atoms with Crippen LogP contribution in [0.2, 0.25) is 0 Å². The Hall–Kier alpha value is -1.89. The summed E-state index contributed by atoms with van der Waals surface area (Å²) in [6.45, 7) is 2.54. The number of methoxy groups -OCH3 is 1. The van der Waals surface area contributed by atoms with Crippen molar-refractivity contribution in [2.75, 3.05) is 12.8 Å². The smallest absolute Gasteiger partial charge is 0.360 e. The minimum absolute atomic E-state index is 0.180. The largest absolute Gasteiger partial charge is 0.464 e. The zero-order valence-electron chi connectivity index (χ0n) is 10.2. The molecule has 96 valence electrons. The van der Waals surface area contributed by atoms with Crippen LogP contribution >= 0.6 is 11.3 Å². The molecule has 0 aliphatic heterocycles. The molecule has 0 aromatic carbocycles. The van der Waals surface area contributed by atoms with E-state index in [2.05, 4.69) is 14.7 Å². The van der Waals surface area contributed by atoms with Crippen LogP contribution in [-0.4, -0.2) is 27.6 Å². The van der Waals surface area contributed by atoms with Crippen LogP contribution in [0.5, 0.6) is 0 Å². The van der Waals surface area contributed by atoms with Crippen LogP contribution in [0.4, 0.5) is 5.82 Å². The number of nitrogens with zero attached hydrogens (tertiary/aromatic N) is 3. The number of imidazole rings is 1. The second kappa shape index (κ2) is 5.18. The van der Waals surface area contributed by atoms with Crippen LogP contribution in [0.3, 0.4) is 0 Å². The molecular formula is C11H14N4O2S. The number of thiazole rings is 1. The van der Waals surface area contributed by atoms with E-state index in [9.17, 15) is 4.79 Å². The van der Waals surface area contributed by atoms with E-state index in [1.54, 1.807) is 11.7 Å². The molecule has 0 unspecified atom stereocenters. The highest BCUT2D eigenvalue weighted by Crippen LogP contribution is 2.19. The van der Waals surface area contributed by atoms with Crippen molar-refractivity contribution in [3.05, 3.63) is 28.1 Å². The van der Waals surface area contributed by atoms with E-state index in [0.717, 1.165) is 10.7 Å². The maximum atomic E-state index is 11.5. The fourth-order valence-corrected chi connectivity index (χ4v) is 2.27. The number of esters is 1. The summed E-state index contributed by atoms with van der Waals surface area (Å²) in [5.74, 6) is 0.596. The van der Waals surface area contributed by atoms with Gasteiger partial charge in [0.1, 0.15) is 11.6 Å². The Kier molecular flexibility index (Phi) is 3.61. The lowest BCUT2D eigenvalue weighted by Crippen LogP contribution is -2.09. The molecule has 2 rings (SSSR count). The molecule has 0 fully saturated rings. The number of nitrogens with two attached hydrogens (primary N) is 1. The number of ether oxygens (including phenoxy) is 1. The van der Waals surface area contributed by atoms with Crippen LogP contribution in [-0.2, 0) is 17.7 Å². The minimum atomic E-state index is -0.509. The lowest BCUT2D eigenvalue weighted by molar-refractivity contribution is 0.0595. The Morgan fingerprint density at radius 3 is 2.94 bits per heavy atom. The van der Waals surface area contributed by atoms with Crippen LogP contribution in [0, 0.1) is 0 Å². The van der Waals surface area contributed by atoms with Gasteiger partial charge in [0, 0.05) is 17.5 Å². The van der Waals surface area contributed by atoms with Crippen LogP contribution in [0.25, 0.3) is 0 Å². The maximum Gasteiger partial charge on any atom is 0.360 e. The summed E-state index contributed by atoms with van der Waals surface area (Å²) in [4.78, 5) is 20.8. The van der Waals surface area contributed by atoms with Crippen molar-refractivity contribution in [1.29, 1.82) is 0 Å². The average molecular weight is 266 g/mol. The molecule has 18 heavy (non-hydrogen) atoms. The molecule has 2 aromatic heterocycles. The van der Waals surface area contributed by atoms with Crippen molar-refractivity contribution in [1.82, 2.24) is 14.5 Å². The highest BCUT2D eigenvalue weighted by atomic mass is 32.1. The molecule has 0 atom stereocenters. The van der Waals surface area contributed by atoms with Crippen molar-refractivity contribution in [2.24, 2.45) is 0 Å². The summed E-state index contributed by atoms with van der Waals surface area (Å²) in [6, 6.07) is 0. The van der Waals surface area contributed by atoms with Gasteiger partial charge >= 0.3 is 5.97 Å². The number of hydrogen-bond donors (Lipinski definition) is 1. The average Bonchev–Trinajstić information content (AvgIpc) is 2.99. The molecule has 0 amide bonds. The predicted molar refractivity (Wildman–Crippen MR) is 68.6 cm³/mol. The number of rotatable bonds is 4. The van der Waals surface area contributed by atoms with Gasteiger partial charge in [-0.1, -0.05) is 6.92 Å². The van der Waals surface area contributed by atoms with Gasteiger partial charge < -0.3 is 15.0 Å². The molecule has 6 nitrogen and oxygen atoms in total. The quantitative estimate of drug-likeness (QED) is 0.844. The molecule has 2 aromatic rings. The normalized spacial score (nSPS) is 10.6. The summed E-state index contributed by atoms with van der Waals surface area (Å²) in [5.41, 5.74) is 7.90. The molecule has 0 saturated heterocycles. The van der Waals surface area contributed by atoms with Crippen molar-refractivity contribution in [2.45, 2.75) is 19.9 Å². The van der Waals surface area contributed by atoms with Gasteiger partial charge in [0.2, 0.25) is 0 Å². The Morgan fingerprint density at radius 2 is 2.39 bits per heavy atom. The van der Waals surface area contributed by atoms with E-state index < -0.39 is 5.97 Å². The van der Waals surface area contributed by atoms with E-state index >= 15 is 0 Å². The van der Waals surface area contributed by atoms with Gasteiger partial charge in [-0.05, 0) is 0 Å². The number of carbonyl (C=O) groups is 1. The summed E-state index contributed by atoms with van der Waals surface area (Å²) >= 11 is 1.54. The summed E-state index contributed by atoms with van der Waals surface area (Å²) < 4.78 is 6.48. The van der Waals surface area contributed by atoms with Crippen molar-refractivity contribution >= 4 is 23.1 Å². The zero-order chi connectivity index (χ0) is 13.1. The zero-order valence-corrected chi connectivity index (χ0v) is 11.0. The first-order valence-electron chi connectivity index (χ1n) is 5.47. The number of aryl methyl sites for hydroxylation is 1. The van der Waals surface area contributed by atoms with E-state index in [0.29, 0.717) is 18.8 Å². The summed E-state index contributed by atoms with van der Waals surface area (Å²) in [7, 11) is 1.32. The third-order valence-electron chi connectivity index (χ3n) is 2.58. The lowest BCUT2D eigenvalue weighted by Gasteiger charge is -2.06. The Labute approximate surface area is 108 Å². The van der Waals surface area contributed by atoms with Gasteiger partial charge in [0.15, 0.2) is 5.69 Å². The second-order valence-electron chi connectivity index (χ2n) is 3.66. The number of carbonyl (C=O) groups excluding carboxylic acids is 1. The molecule has 2 heterocycles. The molecule has 0 spiro atoms. The number of anilines is 1. The second-order valence-corrected chi connectivity index (χ2v) is 4.63. The van der Waals surface area contributed by atoms with Crippen LogP contribution in [0.1, 0.15) is 28.1 Å². The van der Waals surface area contributed by atoms with Crippen molar-refractivity contribution < 1.29 is 9.53 Å². The SMILES string of the molecule is CCc1nc(C(=O)OC)c(N)n1Cc1cncs1. The standard InChI is InChI=1S/C11H14N4O2S/c1-3-8-14-9(11(16)17-2)10(12)15(8)5-7-4-13-6-18-7/h4,6H,3,5,12H2,1-2H3. The highest BCUT2D eigenvalue weighted by Gasteiger charge is 2.20. The van der Waals surface area contributed by atoms with E-state index in [1.807, 2.05) is 11.5 Å². The highest BCUT2D eigenvalue weighted by molar-refractivity contribution is 7.09. The van der Waals surface area contributed by atoms with Crippen LogP contribution < -0.4 is 5.73 Å². The van der Waals surface area contributed by atoms with Gasteiger partial charge in [-0.2, -0.15) is 0 Å². The first kappa shape index (κ1) is 12.6. The van der Waals surface area contributed by atoms with Gasteiger partial charge in [0.05, 0.1) is 19.2 Å². The topological polar surface area (TPSA) is 83.0 Å². The minimum Gasteiger partial charge on any atom is -0.464 e. The molecule has 0 radical (unpaired) electrons. The Balaban J connectivity index is 2.39. The van der Waals surface area contributed by atoms with Gasteiger partial charge in [-0.3, -0.25) is 4.98 Å². The molecule has 0 saturated carbocycles. The third-order valence-corrected chi connectivity index (χ3v) is 3.34. The number of aromatic nitrogens is 3. The molecule has 0 bridgehead atoms. The van der Waals surface area contributed by atoms with Crippen molar-refractivity contribution in [3.8, 4) is 0 Å². The van der Waals surface area contributed by atoms with E-state index in [4.69, 9.17) is 5.73 Å². The fraction of sp³-hybridized carbons (Fsp3) is 0.364. The lowest BCUT2D eigenvalue weighted by atomic mass is 10.4. The van der Waals surface area contributed by atoms with Gasteiger partial charge in [-0.25, -0.2) is 9.78 Å². The molecule has 7 heteroatoms. The van der Waals surface area contributed by atoms with E-state index in [-0.39, 0.29) is 5.69 Å². The van der Waals surface area contributed by atoms with E-state index in [1.165, 1.54) is 18.4 Å². The van der Waals surface area contributed by atoms with Crippen LogP contribution in [0.15, 0.2) is 11.7 Å². The van der Waals surface area contributed by atoms with Gasteiger partial charge in [0.25, 0.3) is 0 Å². The Bertz CT molecular complexity index is 548. The molecular weight excluding hydrogens is 252 g/mol. The Morgan fingerprint density at radius 1 is 1.61 bits per heavy atom. The molecule has 2 N–H and O–H groups in total. The summed E-state index contributed by atoms with van der Waals surface area (Å²) in [5, 5.41) is 0. The fourth-order valence-electron chi connectivity index (χ4n) is 1.68. The first-order valence-corrected chi connectivity index (χ1v) is 6.35. The molecule has 0 aliphatic carbocycles. The first-order chi connectivity index (χ1) is 8.67. The number of hydrogen-bond acceptors (Lipinski definition) is 6. The predicted octanol–water partition coefficient (Wildman–Crippen LogP) is 1.32. The van der Waals surface area contributed by atoms with Gasteiger partial charge in [-0.15, -0.1) is 11.3 Å².